The second kappa shape index (κ2) is 6.41. The number of rotatable bonds is 4. The fourth-order valence-electron chi connectivity index (χ4n) is 1.85. The van der Waals surface area contributed by atoms with Gasteiger partial charge in [0.25, 0.3) is 0 Å². The summed E-state index contributed by atoms with van der Waals surface area (Å²) < 4.78 is 9.70. The molecule has 0 aromatic rings. The van der Waals surface area contributed by atoms with E-state index in [9.17, 15) is 20.1 Å². The molecule has 0 aromatic carbocycles. The minimum Gasteiger partial charge on any atom is -0.467 e. The molecule has 0 saturated carbocycles. The lowest BCUT2D eigenvalue weighted by atomic mass is 9.91. The van der Waals surface area contributed by atoms with Crippen LogP contribution < -0.4 is 5.73 Å². The molecule has 1 saturated heterocycles. The van der Waals surface area contributed by atoms with Gasteiger partial charge in [-0.25, -0.2) is 4.79 Å². The summed E-state index contributed by atoms with van der Waals surface area (Å²) in [6.07, 6.45) is -6.33. The van der Waals surface area contributed by atoms with Gasteiger partial charge in [-0.15, -0.1) is 0 Å². The molecule has 0 amide bonds. The second-order valence-corrected chi connectivity index (χ2v) is 4.23. The normalized spacial score (nSPS) is 35.9. The Balaban J connectivity index is 2.78. The van der Waals surface area contributed by atoms with E-state index in [1.54, 1.807) is 0 Å². The van der Waals surface area contributed by atoms with Crippen LogP contribution in [0.1, 0.15) is 6.42 Å². The van der Waals surface area contributed by atoms with Gasteiger partial charge in [0.2, 0.25) is 0 Å². The largest absolute Gasteiger partial charge is 0.467 e. The first-order valence-electron chi connectivity index (χ1n) is 5.56. The minimum absolute atomic E-state index is 0.0493. The summed E-state index contributed by atoms with van der Waals surface area (Å²) in [7, 11) is 1.17. The molecular formula is C10H19NO7. The third kappa shape index (κ3) is 3.16. The highest BCUT2D eigenvalue weighted by molar-refractivity contribution is 5.74. The van der Waals surface area contributed by atoms with Crippen LogP contribution >= 0.6 is 0 Å². The van der Waals surface area contributed by atoms with E-state index in [0.717, 1.165) is 0 Å². The molecule has 0 spiro atoms. The third-order valence-corrected chi connectivity index (χ3v) is 2.98. The van der Waals surface area contributed by atoms with E-state index in [-0.39, 0.29) is 6.42 Å². The van der Waals surface area contributed by atoms with Crippen LogP contribution in [0.25, 0.3) is 0 Å². The number of hydrogen-bond acceptors (Lipinski definition) is 8. The molecule has 0 radical (unpaired) electrons. The van der Waals surface area contributed by atoms with E-state index < -0.39 is 49.1 Å². The van der Waals surface area contributed by atoms with Gasteiger partial charge < -0.3 is 35.6 Å². The van der Waals surface area contributed by atoms with Crippen molar-refractivity contribution in [1.82, 2.24) is 0 Å². The Kier molecular flexibility index (Phi) is 5.45. The van der Waals surface area contributed by atoms with Crippen molar-refractivity contribution >= 4 is 5.97 Å². The van der Waals surface area contributed by atoms with Crippen molar-refractivity contribution in [2.75, 3.05) is 13.7 Å². The first kappa shape index (κ1) is 15.3. The van der Waals surface area contributed by atoms with Crippen LogP contribution in [0.15, 0.2) is 0 Å². The molecule has 0 aromatic heterocycles. The third-order valence-electron chi connectivity index (χ3n) is 2.98. The highest BCUT2D eigenvalue weighted by atomic mass is 16.6. The molecule has 1 heterocycles. The molecule has 18 heavy (non-hydrogen) atoms. The topological polar surface area (TPSA) is 142 Å². The van der Waals surface area contributed by atoms with Crippen LogP contribution in [0.5, 0.6) is 0 Å². The van der Waals surface area contributed by atoms with Crippen molar-refractivity contribution < 1.29 is 34.7 Å². The lowest BCUT2D eigenvalue weighted by molar-refractivity contribution is -0.194. The van der Waals surface area contributed by atoms with Crippen LogP contribution in [-0.4, -0.2) is 76.7 Å². The van der Waals surface area contributed by atoms with E-state index in [1.807, 2.05) is 0 Å². The molecule has 6 N–H and O–H groups in total. The van der Waals surface area contributed by atoms with Crippen LogP contribution in [0, 0.1) is 0 Å². The number of carbonyl (C=O) groups is 1. The summed E-state index contributed by atoms with van der Waals surface area (Å²) in [6, 6.07) is -0.970. The number of carbonyl (C=O) groups excluding carboxylic acids is 1. The number of nitrogens with two attached hydrogens (primary N) is 1. The molecule has 0 aliphatic carbocycles. The summed E-state index contributed by atoms with van der Waals surface area (Å²) in [5, 5.41) is 37.5. The maximum atomic E-state index is 11.3. The fraction of sp³-hybridized carbons (Fsp3) is 0.900. The molecule has 1 fully saturated rings. The Labute approximate surface area is 104 Å². The molecule has 106 valence electrons. The van der Waals surface area contributed by atoms with Gasteiger partial charge in [-0.1, -0.05) is 0 Å². The van der Waals surface area contributed by atoms with E-state index in [4.69, 9.17) is 15.6 Å². The monoisotopic (exact) mass is 265 g/mol. The van der Waals surface area contributed by atoms with E-state index >= 15 is 0 Å². The van der Waals surface area contributed by atoms with Crippen molar-refractivity contribution in [1.29, 1.82) is 0 Å². The summed E-state index contributed by atoms with van der Waals surface area (Å²) >= 11 is 0. The SMILES string of the molecule is COC(=O)C1CC(O)[C@@H](N)C([C@H](O)[C@H](O)CO)O1. The van der Waals surface area contributed by atoms with Gasteiger partial charge >= 0.3 is 5.97 Å². The number of methoxy groups -OCH3 is 1. The van der Waals surface area contributed by atoms with Gasteiger partial charge in [-0.2, -0.15) is 0 Å². The Morgan fingerprint density at radius 1 is 1.56 bits per heavy atom. The summed E-state index contributed by atoms with van der Waals surface area (Å²) in [5.41, 5.74) is 5.64. The predicted molar refractivity (Wildman–Crippen MR) is 58.4 cm³/mol. The first-order chi connectivity index (χ1) is 8.42. The molecule has 1 rings (SSSR count). The zero-order chi connectivity index (χ0) is 13.9. The zero-order valence-corrected chi connectivity index (χ0v) is 9.97. The van der Waals surface area contributed by atoms with E-state index in [0.29, 0.717) is 0 Å². The van der Waals surface area contributed by atoms with Gasteiger partial charge in [0, 0.05) is 6.42 Å². The first-order valence-corrected chi connectivity index (χ1v) is 5.56. The maximum absolute atomic E-state index is 11.3. The molecule has 1 aliphatic heterocycles. The van der Waals surface area contributed by atoms with Gasteiger partial charge in [-0.3, -0.25) is 0 Å². The number of hydrogen-bond donors (Lipinski definition) is 5. The molecule has 8 nitrogen and oxygen atoms in total. The van der Waals surface area contributed by atoms with E-state index in [2.05, 4.69) is 4.74 Å². The van der Waals surface area contributed by atoms with Crippen molar-refractivity contribution in [3.05, 3.63) is 0 Å². The number of ether oxygens (including phenoxy) is 2. The highest BCUT2D eigenvalue weighted by Crippen LogP contribution is 2.23. The summed E-state index contributed by atoms with van der Waals surface area (Å²) in [4.78, 5) is 11.3. The Hall–Kier alpha value is -0.770. The van der Waals surface area contributed by atoms with Crippen LogP contribution in [0.4, 0.5) is 0 Å². The van der Waals surface area contributed by atoms with Crippen LogP contribution in [0.3, 0.4) is 0 Å². The molecular weight excluding hydrogens is 246 g/mol. The number of esters is 1. The summed E-state index contributed by atoms with van der Waals surface area (Å²) in [6.45, 7) is -0.688. The van der Waals surface area contributed by atoms with Gasteiger partial charge in [0.15, 0.2) is 6.10 Å². The Bertz CT molecular complexity index is 287. The molecule has 3 unspecified atom stereocenters. The molecule has 6 atom stereocenters. The standard InChI is InChI=1S/C10H19NO7/c1-17-10(16)6-2-4(13)7(11)9(18-6)8(15)5(14)3-12/h4-9,12-15H,2-3,11H2,1H3/t4?,5-,6?,7-,8-,9?/m1/s1. The Morgan fingerprint density at radius 3 is 2.67 bits per heavy atom. The van der Waals surface area contributed by atoms with Crippen molar-refractivity contribution in [3.8, 4) is 0 Å². The van der Waals surface area contributed by atoms with Crippen molar-refractivity contribution in [2.24, 2.45) is 5.73 Å². The summed E-state index contributed by atoms with van der Waals surface area (Å²) in [5.74, 6) is -0.698. The molecule has 0 bridgehead atoms. The minimum atomic E-state index is -1.51. The van der Waals surface area contributed by atoms with Crippen molar-refractivity contribution in [3.63, 3.8) is 0 Å². The highest BCUT2D eigenvalue weighted by Gasteiger charge is 2.44. The van der Waals surface area contributed by atoms with Crippen LogP contribution in [0.2, 0.25) is 0 Å². The smallest absolute Gasteiger partial charge is 0.335 e. The number of aliphatic hydroxyl groups excluding tert-OH is 4. The van der Waals surface area contributed by atoms with Gasteiger partial charge in [0.05, 0.1) is 25.9 Å². The second-order valence-electron chi connectivity index (χ2n) is 4.23. The Morgan fingerprint density at radius 2 is 2.17 bits per heavy atom. The quantitative estimate of drug-likeness (QED) is 0.333. The lowest BCUT2D eigenvalue weighted by Crippen LogP contribution is -2.61. The zero-order valence-electron chi connectivity index (χ0n) is 9.97. The molecule has 8 heteroatoms. The lowest BCUT2D eigenvalue weighted by Gasteiger charge is -2.39. The molecule has 1 aliphatic rings. The number of aliphatic hydroxyl groups is 4. The average Bonchev–Trinajstić information content (AvgIpc) is 2.38. The van der Waals surface area contributed by atoms with E-state index in [1.165, 1.54) is 7.11 Å². The average molecular weight is 265 g/mol. The maximum Gasteiger partial charge on any atom is 0.335 e. The predicted octanol–water partition coefficient (Wildman–Crippen LogP) is -3.28. The van der Waals surface area contributed by atoms with Crippen LogP contribution in [-0.2, 0) is 14.3 Å². The van der Waals surface area contributed by atoms with Crippen molar-refractivity contribution in [2.45, 2.75) is 43.0 Å². The van der Waals surface area contributed by atoms with Gasteiger partial charge in [0.1, 0.15) is 18.3 Å². The fourth-order valence-corrected chi connectivity index (χ4v) is 1.85. The van der Waals surface area contributed by atoms with Gasteiger partial charge in [-0.05, 0) is 0 Å².